The zero-order valence-electron chi connectivity index (χ0n) is 18.6. The molecular formula is C26H21N5O3. The molecule has 0 saturated heterocycles. The van der Waals surface area contributed by atoms with Gasteiger partial charge in [0.25, 0.3) is 17.7 Å². The summed E-state index contributed by atoms with van der Waals surface area (Å²) in [6.45, 7) is 4.27. The quantitative estimate of drug-likeness (QED) is 0.463. The van der Waals surface area contributed by atoms with E-state index in [0.717, 1.165) is 16.7 Å². The van der Waals surface area contributed by atoms with Crippen LogP contribution in [0.25, 0.3) is 0 Å². The summed E-state index contributed by atoms with van der Waals surface area (Å²) in [4.78, 5) is 44.2. The molecule has 1 aliphatic heterocycles. The van der Waals surface area contributed by atoms with E-state index in [1.807, 2.05) is 62.4 Å². The fourth-order valence-electron chi connectivity index (χ4n) is 3.93. The van der Waals surface area contributed by atoms with E-state index in [9.17, 15) is 14.4 Å². The van der Waals surface area contributed by atoms with E-state index in [1.54, 1.807) is 4.68 Å². The van der Waals surface area contributed by atoms with Gasteiger partial charge in [-0.05, 0) is 54.8 Å². The highest BCUT2D eigenvalue weighted by Crippen LogP contribution is 2.31. The number of aryl methyl sites for hydroxylation is 2. The van der Waals surface area contributed by atoms with Crippen molar-refractivity contribution < 1.29 is 14.4 Å². The standard InChI is InChI=1S/C26H21N5O3/c1-16-8-9-17(2)22(12-16)31-24(33)20-11-10-19(13-21(20)25(31)34)23(32)28-26-27-15-30(29-26)14-18-6-4-3-5-7-18/h3-13,15H,14H2,1-2H3,(H,28,29,32). The molecule has 1 aliphatic rings. The minimum atomic E-state index is -0.467. The van der Waals surface area contributed by atoms with Gasteiger partial charge >= 0.3 is 0 Å². The van der Waals surface area contributed by atoms with E-state index >= 15 is 0 Å². The third kappa shape index (κ3) is 3.86. The van der Waals surface area contributed by atoms with Gasteiger partial charge in [0.05, 0.1) is 23.4 Å². The van der Waals surface area contributed by atoms with Gasteiger partial charge in [-0.15, -0.1) is 5.10 Å². The molecule has 0 atom stereocenters. The predicted molar refractivity (Wildman–Crippen MR) is 127 cm³/mol. The predicted octanol–water partition coefficient (Wildman–Crippen LogP) is 4.00. The molecule has 0 aliphatic carbocycles. The van der Waals surface area contributed by atoms with Crippen molar-refractivity contribution in [2.45, 2.75) is 20.4 Å². The highest BCUT2D eigenvalue weighted by atomic mass is 16.2. The molecule has 1 N–H and O–H groups in total. The molecular weight excluding hydrogens is 430 g/mol. The van der Waals surface area contributed by atoms with Crippen molar-refractivity contribution in [1.29, 1.82) is 0 Å². The van der Waals surface area contributed by atoms with Gasteiger partial charge < -0.3 is 0 Å². The van der Waals surface area contributed by atoms with Crippen molar-refractivity contribution in [3.05, 3.63) is 106 Å². The molecule has 1 aromatic heterocycles. The van der Waals surface area contributed by atoms with Gasteiger partial charge in [-0.25, -0.2) is 14.6 Å². The van der Waals surface area contributed by atoms with Crippen LogP contribution >= 0.6 is 0 Å². The topological polar surface area (TPSA) is 97.2 Å². The number of aromatic nitrogens is 3. The molecule has 2 heterocycles. The monoisotopic (exact) mass is 451 g/mol. The largest absolute Gasteiger partial charge is 0.289 e. The van der Waals surface area contributed by atoms with Crippen LogP contribution in [0, 0.1) is 13.8 Å². The van der Waals surface area contributed by atoms with Gasteiger partial charge in [0.1, 0.15) is 6.33 Å². The fraction of sp³-hybridized carbons (Fsp3) is 0.115. The maximum Gasteiger partial charge on any atom is 0.266 e. The third-order valence-electron chi connectivity index (χ3n) is 5.70. The highest BCUT2D eigenvalue weighted by molar-refractivity contribution is 6.35. The number of anilines is 2. The van der Waals surface area contributed by atoms with E-state index in [1.165, 1.54) is 29.4 Å². The summed E-state index contributed by atoms with van der Waals surface area (Å²) in [5, 5.41) is 6.93. The molecule has 4 aromatic rings. The lowest BCUT2D eigenvalue weighted by molar-refractivity contribution is 0.0925. The Morgan fingerprint density at radius 2 is 1.68 bits per heavy atom. The molecule has 0 bridgehead atoms. The minimum Gasteiger partial charge on any atom is -0.289 e. The average Bonchev–Trinajstić information content (AvgIpc) is 3.37. The first kappa shape index (κ1) is 21.3. The number of carbonyl (C=O) groups excluding carboxylic acids is 3. The van der Waals surface area contributed by atoms with Gasteiger partial charge in [0, 0.05) is 5.56 Å². The molecule has 8 nitrogen and oxygen atoms in total. The normalized spacial score (nSPS) is 12.7. The number of carbonyl (C=O) groups is 3. The number of hydrogen-bond donors (Lipinski definition) is 1. The summed E-state index contributed by atoms with van der Waals surface area (Å²) >= 11 is 0. The van der Waals surface area contributed by atoms with Crippen LogP contribution in [-0.2, 0) is 6.54 Å². The van der Waals surface area contributed by atoms with Crippen molar-refractivity contribution in [3.63, 3.8) is 0 Å². The van der Waals surface area contributed by atoms with E-state index < -0.39 is 17.7 Å². The van der Waals surface area contributed by atoms with Crippen molar-refractivity contribution >= 4 is 29.4 Å². The summed E-state index contributed by atoms with van der Waals surface area (Å²) in [6.07, 6.45) is 1.54. The summed E-state index contributed by atoms with van der Waals surface area (Å²) < 4.78 is 1.62. The maximum absolute atomic E-state index is 13.1. The first-order chi connectivity index (χ1) is 16.4. The molecule has 0 spiro atoms. The van der Waals surface area contributed by atoms with E-state index in [-0.39, 0.29) is 22.6 Å². The molecule has 0 saturated carbocycles. The van der Waals surface area contributed by atoms with Crippen molar-refractivity contribution in [1.82, 2.24) is 14.8 Å². The van der Waals surface area contributed by atoms with Crippen LogP contribution in [0.2, 0.25) is 0 Å². The lowest BCUT2D eigenvalue weighted by Gasteiger charge is -2.17. The van der Waals surface area contributed by atoms with Crippen LogP contribution in [0.5, 0.6) is 0 Å². The molecule has 8 heteroatoms. The lowest BCUT2D eigenvalue weighted by Crippen LogP contribution is -2.30. The molecule has 34 heavy (non-hydrogen) atoms. The first-order valence-corrected chi connectivity index (χ1v) is 10.8. The Balaban J connectivity index is 1.35. The van der Waals surface area contributed by atoms with Gasteiger partial charge in [0.2, 0.25) is 5.95 Å². The van der Waals surface area contributed by atoms with E-state index in [2.05, 4.69) is 15.4 Å². The Morgan fingerprint density at radius 1 is 0.912 bits per heavy atom. The highest BCUT2D eigenvalue weighted by Gasteiger charge is 2.37. The SMILES string of the molecule is Cc1ccc(C)c(N2C(=O)c3ccc(C(=O)Nc4ncn(Cc5ccccc5)n4)cc3C2=O)c1. The number of fused-ring (bicyclic) bond motifs is 1. The van der Waals surface area contributed by atoms with Crippen LogP contribution in [-0.4, -0.2) is 32.5 Å². The van der Waals surface area contributed by atoms with Crippen LogP contribution in [0.3, 0.4) is 0 Å². The van der Waals surface area contributed by atoms with E-state index in [0.29, 0.717) is 12.2 Å². The van der Waals surface area contributed by atoms with Gasteiger partial charge in [-0.3, -0.25) is 19.7 Å². The molecule has 5 rings (SSSR count). The number of amides is 3. The molecule has 0 fully saturated rings. The smallest absolute Gasteiger partial charge is 0.266 e. The Kier molecular flexibility index (Phi) is 5.25. The Labute approximate surface area is 195 Å². The molecule has 3 aromatic carbocycles. The van der Waals surface area contributed by atoms with Crippen molar-refractivity contribution in [2.75, 3.05) is 10.2 Å². The third-order valence-corrected chi connectivity index (χ3v) is 5.70. The summed E-state index contributed by atoms with van der Waals surface area (Å²) in [6, 6.07) is 19.8. The molecule has 0 radical (unpaired) electrons. The van der Waals surface area contributed by atoms with Gasteiger partial charge in [0.15, 0.2) is 0 Å². The van der Waals surface area contributed by atoms with Crippen LogP contribution in [0.1, 0.15) is 47.8 Å². The maximum atomic E-state index is 13.1. The fourth-order valence-corrected chi connectivity index (χ4v) is 3.93. The van der Waals surface area contributed by atoms with Crippen LogP contribution in [0.4, 0.5) is 11.6 Å². The second kappa shape index (κ2) is 8.40. The van der Waals surface area contributed by atoms with Crippen molar-refractivity contribution in [3.8, 4) is 0 Å². The van der Waals surface area contributed by atoms with Crippen LogP contribution in [0.15, 0.2) is 73.1 Å². The summed E-state index contributed by atoms with van der Waals surface area (Å²) in [5.74, 6) is -1.16. The zero-order valence-corrected chi connectivity index (χ0v) is 18.6. The number of imide groups is 1. The second-order valence-corrected chi connectivity index (χ2v) is 8.20. The number of nitrogens with zero attached hydrogens (tertiary/aromatic N) is 4. The van der Waals surface area contributed by atoms with E-state index in [4.69, 9.17) is 0 Å². The molecule has 168 valence electrons. The minimum absolute atomic E-state index is 0.154. The number of nitrogens with one attached hydrogen (secondary N) is 1. The number of hydrogen-bond acceptors (Lipinski definition) is 5. The van der Waals surface area contributed by atoms with Gasteiger partial charge in [-0.1, -0.05) is 42.5 Å². The number of benzene rings is 3. The molecule has 3 amide bonds. The Morgan fingerprint density at radius 3 is 2.47 bits per heavy atom. The first-order valence-electron chi connectivity index (χ1n) is 10.8. The number of rotatable bonds is 5. The second-order valence-electron chi connectivity index (χ2n) is 8.20. The van der Waals surface area contributed by atoms with Crippen LogP contribution < -0.4 is 10.2 Å². The van der Waals surface area contributed by atoms with Gasteiger partial charge in [-0.2, -0.15) is 0 Å². The van der Waals surface area contributed by atoms with Crippen molar-refractivity contribution in [2.24, 2.45) is 0 Å². The zero-order chi connectivity index (χ0) is 23.8. The Hall–Kier alpha value is -4.59. The molecule has 0 unspecified atom stereocenters. The lowest BCUT2D eigenvalue weighted by atomic mass is 10.1. The Bertz CT molecular complexity index is 1440. The summed E-state index contributed by atoms with van der Waals surface area (Å²) in [7, 11) is 0. The summed E-state index contributed by atoms with van der Waals surface area (Å²) in [5.41, 5.74) is 4.06. The average molecular weight is 451 g/mol.